The SMILES string of the molecule is O=c1oc2ccccc2cc1CC=CCl. The molecule has 0 aliphatic heterocycles. The van der Waals surface area contributed by atoms with Gasteiger partial charge in [0.2, 0.25) is 0 Å². The molecule has 0 spiro atoms. The van der Waals surface area contributed by atoms with Crippen molar-refractivity contribution >= 4 is 22.6 Å². The second-order valence-electron chi connectivity index (χ2n) is 3.16. The van der Waals surface area contributed by atoms with Crippen LogP contribution in [0.4, 0.5) is 0 Å². The quantitative estimate of drug-likeness (QED) is 0.728. The molecule has 1 aromatic heterocycles. The predicted octanol–water partition coefficient (Wildman–Crippen LogP) is 3.09. The van der Waals surface area contributed by atoms with E-state index >= 15 is 0 Å². The van der Waals surface area contributed by atoms with E-state index in [-0.39, 0.29) is 5.63 Å². The van der Waals surface area contributed by atoms with E-state index < -0.39 is 0 Å². The first kappa shape index (κ1) is 9.99. The van der Waals surface area contributed by atoms with E-state index in [1.54, 1.807) is 12.1 Å². The number of para-hydroxylation sites is 1. The molecule has 0 fully saturated rings. The molecule has 3 heteroatoms. The highest BCUT2D eigenvalue weighted by molar-refractivity contribution is 6.25. The molecule has 0 bridgehead atoms. The molecule has 76 valence electrons. The van der Waals surface area contributed by atoms with E-state index in [1.807, 2.05) is 24.3 Å². The van der Waals surface area contributed by atoms with Crippen LogP contribution in [0.1, 0.15) is 5.56 Å². The molecule has 0 N–H and O–H groups in total. The van der Waals surface area contributed by atoms with E-state index in [0.717, 1.165) is 5.39 Å². The summed E-state index contributed by atoms with van der Waals surface area (Å²) in [4.78, 5) is 11.5. The molecule has 2 nitrogen and oxygen atoms in total. The second kappa shape index (κ2) is 4.32. The van der Waals surface area contributed by atoms with Gasteiger partial charge in [-0.05, 0) is 18.6 Å². The Kier molecular flexibility index (Phi) is 2.88. The number of hydrogen-bond donors (Lipinski definition) is 0. The molecular formula is C12H9ClO2. The van der Waals surface area contributed by atoms with Crippen LogP contribution in [-0.2, 0) is 6.42 Å². The van der Waals surface area contributed by atoms with Gasteiger partial charge in [0.1, 0.15) is 5.58 Å². The predicted molar refractivity (Wildman–Crippen MR) is 61.2 cm³/mol. The summed E-state index contributed by atoms with van der Waals surface area (Å²) in [6.45, 7) is 0. The van der Waals surface area contributed by atoms with Gasteiger partial charge < -0.3 is 4.42 Å². The maximum Gasteiger partial charge on any atom is 0.339 e. The Hall–Kier alpha value is -1.54. The lowest BCUT2D eigenvalue weighted by Gasteiger charge is -1.98. The van der Waals surface area contributed by atoms with Gasteiger partial charge in [-0.25, -0.2) is 4.79 Å². The largest absolute Gasteiger partial charge is 0.423 e. The van der Waals surface area contributed by atoms with E-state index in [0.29, 0.717) is 17.6 Å². The summed E-state index contributed by atoms with van der Waals surface area (Å²) in [6.07, 6.45) is 2.21. The van der Waals surface area contributed by atoms with Gasteiger partial charge in [0.25, 0.3) is 0 Å². The van der Waals surface area contributed by atoms with E-state index in [2.05, 4.69) is 0 Å². The van der Waals surface area contributed by atoms with Gasteiger partial charge in [-0.1, -0.05) is 35.9 Å². The van der Waals surface area contributed by atoms with Gasteiger partial charge in [-0.3, -0.25) is 0 Å². The van der Waals surface area contributed by atoms with E-state index in [1.165, 1.54) is 5.54 Å². The molecule has 1 aromatic carbocycles. The first-order valence-corrected chi connectivity index (χ1v) is 5.02. The molecule has 1 heterocycles. The number of benzene rings is 1. The van der Waals surface area contributed by atoms with Crippen LogP contribution in [0.5, 0.6) is 0 Å². The Bertz CT molecular complexity index is 555. The number of allylic oxidation sites excluding steroid dienone is 1. The van der Waals surface area contributed by atoms with E-state index in [9.17, 15) is 4.79 Å². The molecule has 0 aliphatic rings. The van der Waals surface area contributed by atoms with Gasteiger partial charge in [0, 0.05) is 16.5 Å². The van der Waals surface area contributed by atoms with Crippen molar-refractivity contribution in [3.63, 3.8) is 0 Å². The lowest BCUT2D eigenvalue weighted by atomic mass is 10.1. The zero-order valence-electron chi connectivity index (χ0n) is 7.94. The minimum atomic E-state index is -0.302. The summed E-state index contributed by atoms with van der Waals surface area (Å²) in [5.74, 6) is 0. The topological polar surface area (TPSA) is 30.2 Å². The Labute approximate surface area is 91.8 Å². The van der Waals surface area contributed by atoms with Crippen molar-refractivity contribution in [1.29, 1.82) is 0 Å². The average Bonchev–Trinajstić information content (AvgIpc) is 2.26. The summed E-state index contributed by atoms with van der Waals surface area (Å²) >= 11 is 5.41. The molecule has 0 atom stereocenters. The van der Waals surface area contributed by atoms with Crippen molar-refractivity contribution in [2.75, 3.05) is 0 Å². The lowest BCUT2D eigenvalue weighted by molar-refractivity contribution is 0.553. The molecule has 0 saturated heterocycles. The van der Waals surface area contributed by atoms with Crippen LogP contribution in [0.25, 0.3) is 11.0 Å². The Balaban J connectivity index is 2.57. The van der Waals surface area contributed by atoms with Gasteiger partial charge in [-0.15, -0.1) is 0 Å². The van der Waals surface area contributed by atoms with Crippen LogP contribution < -0.4 is 5.63 Å². The van der Waals surface area contributed by atoms with Crippen LogP contribution >= 0.6 is 11.6 Å². The number of hydrogen-bond acceptors (Lipinski definition) is 2. The number of fused-ring (bicyclic) bond motifs is 1. The molecular weight excluding hydrogens is 212 g/mol. The van der Waals surface area contributed by atoms with Gasteiger partial charge in [0.15, 0.2) is 0 Å². The third-order valence-electron chi connectivity index (χ3n) is 2.14. The summed E-state index contributed by atoms with van der Waals surface area (Å²) in [5.41, 5.74) is 2.32. The fourth-order valence-electron chi connectivity index (χ4n) is 1.42. The van der Waals surface area contributed by atoms with Crippen molar-refractivity contribution in [2.45, 2.75) is 6.42 Å². The fraction of sp³-hybridized carbons (Fsp3) is 0.0833. The number of halogens is 1. The molecule has 0 radical (unpaired) electrons. The molecule has 15 heavy (non-hydrogen) atoms. The van der Waals surface area contributed by atoms with Crippen molar-refractivity contribution in [3.05, 3.63) is 57.9 Å². The highest BCUT2D eigenvalue weighted by Crippen LogP contribution is 2.12. The highest BCUT2D eigenvalue weighted by Gasteiger charge is 2.02. The molecule has 0 unspecified atom stereocenters. The normalized spacial score (nSPS) is 11.3. The summed E-state index contributed by atoms with van der Waals surface area (Å²) in [7, 11) is 0. The average molecular weight is 221 g/mol. The standard InChI is InChI=1S/C12H9ClO2/c13-7-3-5-10-8-9-4-1-2-6-11(9)15-12(10)14/h1-4,6-8H,5H2. The second-order valence-corrected chi connectivity index (χ2v) is 3.41. The minimum Gasteiger partial charge on any atom is -0.423 e. The van der Waals surface area contributed by atoms with Crippen molar-refractivity contribution in [1.82, 2.24) is 0 Å². The first-order valence-electron chi connectivity index (χ1n) is 4.58. The summed E-state index contributed by atoms with van der Waals surface area (Å²) in [6, 6.07) is 9.26. The molecule has 2 rings (SSSR count). The lowest BCUT2D eigenvalue weighted by Crippen LogP contribution is -2.05. The van der Waals surface area contributed by atoms with Gasteiger partial charge in [0.05, 0.1) is 0 Å². The van der Waals surface area contributed by atoms with Crippen LogP contribution in [0.3, 0.4) is 0 Å². The van der Waals surface area contributed by atoms with Crippen LogP contribution in [0, 0.1) is 0 Å². The van der Waals surface area contributed by atoms with Crippen molar-refractivity contribution in [2.24, 2.45) is 0 Å². The Morgan fingerprint density at radius 3 is 2.93 bits per heavy atom. The molecule has 0 aliphatic carbocycles. The smallest absolute Gasteiger partial charge is 0.339 e. The third kappa shape index (κ3) is 2.10. The fourth-order valence-corrected chi connectivity index (χ4v) is 1.51. The maximum absolute atomic E-state index is 11.5. The zero-order chi connectivity index (χ0) is 10.7. The van der Waals surface area contributed by atoms with E-state index in [4.69, 9.17) is 16.0 Å². The Morgan fingerprint density at radius 1 is 1.33 bits per heavy atom. The molecule has 0 amide bonds. The van der Waals surface area contributed by atoms with Crippen molar-refractivity contribution < 1.29 is 4.42 Å². The monoisotopic (exact) mass is 220 g/mol. The molecule has 2 aromatic rings. The van der Waals surface area contributed by atoms with Crippen LogP contribution in [-0.4, -0.2) is 0 Å². The minimum absolute atomic E-state index is 0.302. The van der Waals surface area contributed by atoms with Crippen molar-refractivity contribution in [3.8, 4) is 0 Å². The van der Waals surface area contributed by atoms with Gasteiger partial charge in [-0.2, -0.15) is 0 Å². The number of rotatable bonds is 2. The van der Waals surface area contributed by atoms with Crippen LogP contribution in [0.2, 0.25) is 0 Å². The maximum atomic E-state index is 11.5. The summed E-state index contributed by atoms with van der Waals surface area (Å²) < 4.78 is 5.16. The van der Waals surface area contributed by atoms with Gasteiger partial charge >= 0.3 is 5.63 Å². The zero-order valence-corrected chi connectivity index (χ0v) is 8.70. The summed E-state index contributed by atoms with van der Waals surface area (Å²) in [5, 5.41) is 0.926. The highest BCUT2D eigenvalue weighted by atomic mass is 35.5. The molecule has 0 saturated carbocycles. The van der Waals surface area contributed by atoms with Crippen LogP contribution in [0.15, 0.2) is 51.2 Å². The Morgan fingerprint density at radius 2 is 2.13 bits per heavy atom. The third-order valence-corrected chi connectivity index (χ3v) is 2.32. The first-order chi connectivity index (χ1) is 7.31.